The van der Waals surface area contributed by atoms with Crippen LogP contribution in [0.25, 0.3) is 0 Å². The smallest absolute Gasteiger partial charge is 0.235 e. The lowest BCUT2D eigenvalue weighted by Gasteiger charge is -2.22. The number of carbonyl (C=O) groups excluding carboxylic acids is 1. The van der Waals surface area contributed by atoms with E-state index in [9.17, 15) is 13.2 Å². The van der Waals surface area contributed by atoms with Crippen molar-refractivity contribution in [2.24, 2.45) is 0 Å². The van der Waals surface area contributed by atoms with Gasteiger partial charge in [-0.25, -0.2) is 8.42 Å². The maximum Gasteiger partial charge on any atom is 0.235 e. The number of nitrogens with zero attached hydrogens (tertiary/aromatic N) is 1. The van der Waals surface area contributed by atoms with E-state index in [4.69, 9.17) is 11.6 Å². The van der Waals surface area contributed by atoms with Gasteiger partial charge in [-0.1, -0.05) is 54.1 Å². The Balaban J connectivity index is 2.10. The molecule has 0 heterocycles. The Morgan fingerprint density at radius 1 is 1.15 bits per heavy atom. The molecule has 0 saturated carbocycles. The average molecular weight is 395 g/mol. The fraction of sp³-hybridized carbons (Fsp3) is 0.316. The third-order valence-corrected chi connectivity index (χ3v) is 5.69. The topological polar surface area (TPSA) is 66.5 Å². The molecule has 1 N–H and O–H groups in total. The van der Waals surface area contributed by atoms with Crippen molar-refractivity contribution >= 4 is 27.5 Å². The summed E-state index contributed by atoms with van der Waals surface area (Å²) in [4.78, 5) is 12.4. The number of nitrogens with one attached hydrogen (secondary N) is 1. The Bertz CT molecular complexity index is 884. The second-order valence-electron chi connectivity index (χ2n) is 6.27. The Hall–Kier alpha value is -1.89. The van der Waals surface area contributed by atoms with E-state index in [1.54, 1.807) is 24.3 Å². The van der Waals surface area contributed by atoms with Crippen LogP contribution >= 0.6 is 11.6 Å². The molecule has 2 aromatic carbocycles. The van der Waals surface area contributed by atoms with Crippen molar-refractivity contribution in [1.82, 2.24) is 9.62 Å². The molecule has 0 aliphatic carbocycles. The number of hydrogen-bond acceptors (Lipinski definition) is 3. The van der Waals surface area contributed by atoms with Crippen LogP contribution < -0.4 is 5.32 Å². The summed E-state index contributed by atoms with van der Waals surface area (Å²) in [6, 6.07) is 14.5. The van der Waals surface area contributed by atoms with Crippen molar-refractivity contribution in [2.75, 3.05) is 12.8 Å². The number of carbonyl (C=O) groups is 1. The first-order valence-electron chi connectivity index (χ1n) is 8.22. The van der Waals surface area contributed by atoms with Gasteiger partial charge in [0.05, 0.1) is 18.8 Å². The maximum absolute atomic E-state index is 12.4. The molecule has 0 radical (unpaired) electrons. The monoisotopic (exact) mass is 394 g/mol. The third-order valence-electron chi connectivity index (χ3n) is 4.13. The molecule has 0 aliphatic rings. The lowest BCUT2D eigenvalue weighted by Crippen LogP contribution is -2.40. The first kappa shape index (κ1) is 20.4. The molecule has 5 nitrogen and oxygen atoms in total. The van der Waals surface area contributed by atoms with E-state index in [0.717, 1.165) is 21.7 Å². The van der Waals surface area contributed by atoms with Crippen molar-refractivity contribution < 1.29 is 13.2 Å². The van der Waals surface area contributed by atoms with Crippen LogP contribution in [-0.2, 0) is 21.4 Å². The zero-order chi connectivity index (χ0) is 19.3. The second kappa shape index (κ2) is 8.66. The van der Waals surface area contributed by atoms with Crippen LogP contribution in [0.3, 0.4) is 0 Å². The quantitative estimate of drug-likeness (QED) is 0.783. The fourth-order valence-corrected chi connectivity index (χ4v) is 3.63. The molecule has 0 saturated heterocycles. The van der Waals surface area contributed by atoms with Crippen molar-refractivity contribution in [3.8, 4) is 0 Å². The summed E-state index contributed by atoms with van der Waals surface area (Å²) < 4.78 is 25.3. The number of halogens is 1. The molecule has 2 aromatic rings. The highest BCUT2D eigenvalue weighted by atomic mass is 35.5. The number of sulfonamides is 1. The summed E-state index contributed by atoms with van der Waals surface area (Å²) in [5, 5.41) is 3.33. The van der Waals surface area contributed by atoms with Gasteiger partial charge in [-0.05, 0) is 36.6 Å². The van der Waals surface area contributed by atoms with Gasteiger partial charge in [-0.2, -0.15) is 4.31 Å². The van der Waals surface area contributed by atoms with Gasteiger partial charge in [0.15, 0.2) is 0 Å². The van der Waals surface area contributed by atoms with Gasteiger partial charge in [0.2, 0.25) is 15.9 Å². The van der Waals surface area contributed by atoms with Crippen molar-refractivity contribution in [2.45, 2.75) is 26.4 Å². The highest BCUT2D eigenvalue weighted by Gasteiger charge is 2.22. The molecule has 0 spiro atoms. The third kappa shape index (κ3) is 5.56. The molecule has 2 rings (SSSR count). The summed E-state index contributed by atoms with van der Waals surface area (Å²) in [6.07, 6.45) is 1.09. The largest absolute Gasteiger partial charge is 0.348 e. The number of benzene rings is 2. The highest BCUT2D eigenvalue weighted by Crippen LogP contribution is 2.19. The second-order valence-corrected chi connectivity index (χ2v) is 8.66. The van der Waals surface area contributed by atoms with E-state index < -0.39 is 10.0 Å². The summed E-state index contributed by atoms with van der Waals surface area (Å²) in [6.45, 7) is 3.63. The van der Waals surface area contributed by atoms with Crippen molar-refractivity contribution in [1.29, 1.82) is 0 Å². The molecular formula is C19H23ClN2O3S. The van der Waals surface area contributed by atoms with Crippen LogP contribution in [0.1, 0.15) is 29.7 Å². The molecule has 26 heavy (non-hydrogen) atoms. The van der Waals surface area contributed by atoms with Crippen LogP contribution in [0.15, 0.2) is 48.5 Å². The zero-order valence-corrected chi connectivity index (χ0v) is 16.6. The van der Waals surface area contributed by atoms with Gasteiger partial charge in [0.1, 0.15) is 0 Å². The Morgan fingerprint density at radius 2 is 1.77 bits per heavy atom. The minimum absolute atomic E-state index is 0.0463. The number of hydrogen-bond donors (Lipinski definition) is 1. The first-order chi connectivity index (χ1) is 12.2. The molecule has 0 unspecified atom stereocenters. The van der Waals surface area contributed by atoms with Crippen LogP contribution in [0.5, 0.6) is 0 Å². The first-order valence-corrected chi connectivity index (χ1v) is 10.4. The number of rotatable bonds is 7. The van der Waals surface area contributed by atoms with Gasteiger partial charge < -0.3 is 5.32 Å². The maximum atomic E-state index is 12.4. The summed E-state index contributed by atoms with van der Waals surface area (Å²) in [5.41, 5.74) is 2.72. The minimum Gasteiger partial charge on any atom is -0.348 e. The number of aryl methyl sites for hydroxylation is 1. The minimum atomic E-state index is -3.57. The van der Waals surface area contributed by atoms with Crippen LogP contribution in [-0.4, -0.2) is 31.4 Å². The van der Waals surface area contributed by atoms with Gasteiger partial charge in [0, 0.05) is 11.6 Å². The van der Waals surface area contributed by atoms with Crippen molar-refractivity contribution in [3.63, 3.8) is 0 Å². The van der Waals surface area contributed by atoms with Gasteiger partial charge in [0.25, 0.3) is 0 Å². The number of amides is 1. The molecule has 1 atom stereocenters. The van der Waals surface area contributed by atoms with Gasteiger partial charge >= 0.3 is 0 Å². The molecule has 7 heteroatoms. The average Bonchev–Trinajstić information content (AvgIpc) is 2.55. The fourth-order valence-electron chi connectivity index (χ4n) is 2.70. The predicted octanol–water partition coefficient (Wildman–Crippen LogP) is 3.29. The van der Waals surface area contributed by atoms with Gasteiger partial charge in [-0.3, -0.25) is 4.79 Å². The predicted molar refractivity (Wildman–Crippen MR) is 104 cm³/mol. The van der Waals surface area contributed by atoms with E-state index in [-0.39, 0.29) is 25.0 Å². The summed E-state index contributed by atoms with van der Waals surface area (Å²) >= 11 is 6.11. The molecule has 0 fully saturated rings. The standard InChI is InChI=1S/C19H23ClN2O3S/c1-14-8-4-6-10-17(14)15(2)21-19(23)13-22(26(3,24)25)12-16-9-5-7-11-18(16)20/h4-11,15H,12-13H2,1-3H3,(H,21,23)/t15-/m1/s1. The Kier molecular flexibility index (Phi) is 6.81. The normalized spacial score (nSPS) is 12.8. The molecule has 1 amide bonds. The van der Waals surface area contributed by atoms with E-state index >= 15 is 0 Å². The SMILES string of the molecule is Cc1ccccc1[C@@H](C)NC(=O)CN(Cc1ccccc1Cl)S(C)(=O)=O. The molecular weight excluding hydrogens is 372 g/mol. The molecule has 0 aliphatic heterocycles. The van der Waals surface area contributed by atoms with E-state index in [1.165, 1.54) is 0 Å². The molecule has 140 valence electrons. The lowest BCUT2D eigenvalue weighted by atomic mass is 10.0. The summed E-state index contributed by atoms with van der Waals surface area (Å²) in [7, 11) is -3.57. The zero-order valence-electron chi connectivity index (χ0n) is 15.1. The Labute approximate surface area is 160 Å². The lowest BCUT2D eigenvalue weighted by molar-refractivity contribution is -0.122. The van der Waals surface area contributed by atoms with E-state index in [0.29, 0.717) is 10.6 Å². The molecule has 0 bridgehead atoms. The summed E-state index contributed by atoms with van der Waals surface area (Å²) in [5.74, 6) is -0.363. The Morgan fingerprint density at radius 3 is 2.38 bits per heavy atom. The van der Waals surface area contributed by atoms with Crippen molar-refractivity contribution in [3.05, 3.63) is 70.2 Å². The van der Waals surface area contributed by atoms with E-state index in [2.05, 4.69) is 5.32 Å². The molecule has 0 aromatic heterocycles. The van der Waals surface area contributed by atoms with Crippen LogP contribution in [0, 0.1) is 6.92 Å². The van der Waals surface area contributed by atoms with Crippen LogP contribution in [0.2, 0.25) is 5.02 Å². The van der Waals surface area contributed by atoms with E-state index in [1.807, 2.05) is 38.1 Å². The van der Waals surface area contributed by atoms with Gasteiger partial charge in [-0.15, -0.1) is 0 Å². The van der Waals surface area contributed by atoms with Crippen LogP contribution in [0.4, 0.5) is 0 Å². The highest BCUT2D eigenvalue weighted by molar-refractivity contribution is 7.88.